The van der Waals surface area contributed by atoms with Crippen LogP contribution < -0.4 is 0 Å². The maximum atomic E-state index is 11.5. The first-order valence-corrected chi connectivity index (χ1v) is 5.30. The molecule has 0 saturated heterocycles. The SMILES string of the molecule is CCOC(=O)CC(=O)Cn1nc([N+](=O)[O-])cc1C. The van der Waals surface area contributed by atoms with Gasteiger partial charge in [0, 0.05) is 0 Å². The molecule has 0 aliphatic carbocycles. The molecule has 0 aromatic carbocycles. The van der Waals surface area contributed by atoms with Crippen molar-refractivity contribution in [3.05, 3.63) is 21.9 Å². The molecule has 0 radical (unpaired) electrons. The normalized spacial score (nSPS) is 10.1. The summed E-state index contributed by atoms with van der Waals surface area (Å²) in [6.45, 7) is 3.26. The highest BCUT2D eigenvalue weighted by Gasteiger charge is 2.19. The fourth-order valence-corrected chi connectivity index (χ4v) is 1.34. The number of nitro groups is 1. The maximum Gasteiger partial charge on any atom is 0.390 e. The number of ether oxygens (including phenoxy) is 1. The average molecular weight is 255 g/mol. The molecule has 8 nitrogen and oxygen atoms in total. The van der Waals surface area contributed by atoms with Crippen LogP contribution in [0.2, 0.25) is 0 Å². The van der Waals surface area contributed by atoms with Crippen LogP contribution in [-0.2, 0) is 20.9 Å². The highest BCUT2D eigenvalue weighted by atomic mass is 16.6. The van der Waals surface area contributed by atoms with Gasteiger partial charge in [-0.1, -0.05) is 0 Å². The standard InChI is InChI=1S/C10H13N3O5/c1-3-18-10(15)5-8(14)6-12-7(2)4-9(11-12)13(16)17/h4H,3,5-6H2,1-2H3. The Labute approximate surface area is 103 Å². The molecule has 0 saturated carbocycles. The lowest BCUT2D eigenvalue weighted by Crippen LogP contribution is -2.17. The Morgan fingerprint density at radius 1 is 1.56 bits per heavy atom. The number of aromatic nitrogens is 2. The first-order valence-electron chi connectivity index (χ1n) is 5.30. The molecule has 1 aromatic heterocycles. The van der Waals surface area contributed by atoms with Crippen LogP contribution in [0.5, 0.6) is 0 Å². The number of nitrogens with zero attached hydrogens (tertiary/aromatic N) is 3. The molecule has 0 N–H and O–H groups in total. The zero-order valence-corrected chi connectivity index (χ0v) is 10.1. The summed E-state index contributed by atoms with van der Waals surface area (Å²) in [5.41, 5.74) is 0.485. The molecular weight excluding hydrogens is 242 g/mol. The van der Waals surface area contributed by atoms with Crippen molar-refractivity contribution in [2.24, 2.45) is 0 Å². The van der Waals surface area contributed by atoms with E-state index in [-0.39, 0.29) is 25.4 Å². The molecular formula is C10H13N3O5. The number of hydrogen-bond donors (Lipinski definition) is 0. The second-order valence-corrected chi connectivity index (χ2v) is 3.58. The van der Waals surface area contributed by atoms with Crippen molar-refractivity contribution in [1.29, 1.82) is 0 Å². The van der Waals surface area contributed by atoms with Gasteiger partial charge in [-0.15, -0.1) is 0 Å². The largest absolute Gasteiger partial charge is 0.466 e. The molecule has 0 amide bonds. The van der Waals surface area contributed by atoms with E-state index in [9.17, 15) is 19.7 Å². The summed E-state index contributed by atoms with van der Waals surface area (Å²) in [6.07, 6.45) is -0.360. The van der Waals surface area contributed by atoms with Crippen LogP contribution in [0.3, 0.4) is 0 Å². The molecule has 0 unspecified atom stereocenters. The van der Waals surface area contributed by atoms with Gasteiger partial charge in [-0.3, -0.25) is 9.59 Å². The van der Waals surface area contributed by atoms with E-state index in [1.165, 1.54) is 10.7 Å². The van der Waals surface area contributed by atoms with Gasteiger partial charge in [0.05, 0.1) is 23.5 Å². The molecule has 1 aromatic rings. The van der Waals surface area contributed by atoms with E-state index >= 15 is 0 Å². The van der Waals surface area contributed by atoms with E-state index in [1.807, 2.05) is 0 Å². The van der Waals surface area contributed by atoms with Gasteiger partial charge in [-0.05, 0) is 18.8 Å². The van der Waals surface area contributed by atoms with E-state index in [1.54, 1.807) is 13.8 Å². The Balaban J connectivity index is 2.64. The molecule has 0 aliphatic heterocycles. The van der Waals surface area contributed by atoms with Gasteiger partial charge >= 0.3 is 11.8 Å². The van der Waals surface area contributed by atoms with Gasteiger partial charge in [-0.25, -0.2) is 0 Å². The number of rotatable bonds is 6. The molecule has 18 heavy (non-hydrogen) atoms. The monoisotopic (exact) mass is 255 g/mol. The number of carbonyl (C=O) groups excluding carboxylic acids is 2. The highest BCUT2D eigenvalue weighted by Crippen LogP contribution is 2.11. The van der Waals surface area contributed by atoms with E-state index in [4.69, 9.17) is 0 Å². The minimum Gasteiger partial charge on any atom is -0.466 e. The van der Waals surface area contributed by atoms with Crippen LogP contribution in [0.4, 0.5) is 5.82 Å². The van der Waals surface area contributed by atoms with Crippen LogP contribution in [0, 0.1) is 17.0 Å². The van der Waals surface area contributed by atoms with Crippen molar-refractivity contribution >= 4 is 17.6 Å². The summed E-state index contributed by atoms with van der Waals surface area (Å²) in [5, 5.41) is 14.1. The number of esters is 1. The van der Waals surface area contributed by atoms with E-state index < -0.39 is 16.7 Å². The second-order valence-electron chi connectivity index (χ2n) is 3.58. The summed E-state index contributed by atoms with van der Waals surface area (Å²) in [6, 6.07) is 1.26. The molecule has 0 atom stereocenters. The second kappa shape index (κ2) is 5.89. The van der Waals surface area contributed by atoms with Crippen molar-refractivity contribution in [2.75, 3.05) is 6.61 Å². The van der Waals surface area contributed by atoms with E-state index in [0.29, 0.717) is 5.69 Å². The van der Waals surface area contributed by atoms with Gasteiger partial charge in [-0.2, -0.15) is 4.68 Å². The molecule has 1 heterocycles. The minimum atomic E-state index is -0.640. The lowest BCUT2D eigenvalue weighted by atomic mass is 10.3. The Hall–Kier alpha value is -2.25. The summed E-state index contributed by atoms with van der Waals surface area (Å²) < 4.78 is 5.82. The van der Waals surface area contributed by atoms with Crippen molar-refractivity contribution in [2.45, 2.75) is 26.8 Å². The quantitative estimate of drug-likeness (QED) is 0.319. The summed E-state index contributed by atoms with van der Waals surface area (Å²) in [4.78, 5) is 32.4. The molecule has 1 rings (SSSR count). The average Bonchev–Trinajstić information content (AvgIpc) is 2.60. The summed E-state index contributed by atoms with van der Waals surface area (Å²) in [5.74, 6) is -1.34. The predicted molar refractivity (Wildman–Crippen MR) is 59.9 cm³/mol. The number of ketones is 1. The summed E-state index contributed by atoms with van der Waals surface area (Å²) in [7, 11) is 0. The van der Waals surface area contributed by atoms with Crippen molar-refractivity contribution in [3.8, 4) is 0 Å². The van der Waals surface area contributed by atoms with Gasteiger partial charge in [0.25, 0.3) is 0 Å². The molecule has 0 bridgehead atoms. The third-order valence-electron chi connectivity index (χ3n) is 2.13. The summed E-state index contributed by atoms with van der Waals surface area (Å²) >= 11 is 0. The lowest BCUT2D eigenvalue weighted by Gasteiger charge is -2.00. The van der Waals surface area contributed by atoms with Crippen molar-refractivity contribution in [1.82, 2.24) is 9.78 Å². The van der Waals surface area contributed by atoms with Gasteiger partial charge in [0.2, 0.25) is 0 Å². The molecule has 0 fully saturated rings. The Bertz CT molecular complexity index is 480. The van der Waals surface area contributed by atoms with Crippen molar-refractivity contribution in [3.63, 3.8) is 0 Å². The lowest BCUT2D eigenvalue weighted by molar-refractivity contribution is -0.389. The van der Waals surface area contributed by atoms with Crippen molar-refractivity contribution < 1.29 is 19.2 Å². The minimum absolute atomic E-state index is 0.182. The maximum absolute atomic E-state index is 11.5. The van der Waals surface area contributed by atoms with E-state index in [2.05, 4.69) is 9.84 Å². The number of Topliss-reactive ketones (excluding diaryl/α,β-unsaturated/α-hetero) is 1. The molecule has 98 valence electrons. The Kier molecular flexibility index (Phi) is 4.52. The Morgan fingerprint density at radius 2 is 2.22 bits per heavy atom. The fourth-order valence-electron chi connectivity index (χ4n) is 1.34. The first-order chi connectivity index (χ1) is 8.43. The van der Waals surface area contributed by atoms with E-state index in [0.717, 1.165) is 0 Å². The van der Waals surface area contributed by atoms with Crippen LogP contribution in [-0.4, -0.2) is 33.1 Å². The third kappa shape index (κ3) is 3.65. The number of aryl methyl sites for hydroxylation is 1. The van der Waals surface area contributed by atoms with Gasteiger partial charge in [0.15, 0.2) is 5.78 Å². The van der Waals surface area contributed by atoms with Gasteiger partial charge < -0.3 is 14.9 Å². The predicted octanol–water partition coefficient (Wildman–Crippen LogP) is 0.622. The highest BCUT2D eigenvalue weighted by molar-refractivity contribution is 5.95. The van der Waals surface area contributed by atoms with Crippen LogP contribution in [0.1, 0.15) is 19.0 Å². The first kappa shape index (κ1) is 13.8. The molecule has 8 heteroatoms. The topological polar surface area (TPSA) is 104 Å². The third-order valence-corrected chi connectivity index (χ3v) is 2.13. The van der Waals surface area contributed by atoms with Crippen LogP contribution in [0.15, 0.2) is 6.07 Å². The Morgan fingerprint density at radius 3 is 2.72 bits per heavy atom. The number of hydrogen-bond acceptors (Lipinski definition) is 6. The van der Waals surface area contributed by atoms with Crippen LogP contribution >= 0.6 is 0 Å². The van der Waals surface area contributed by atoms with Gasteiger partial charge in [0.1, 0.15) is 13.0 Å². The zero-order chi connectivity index (χ0) is 13.7. The molecule has 0 aliphatic rings. The fraction of sp³-hybridized carbons (Fsp3) is 0.500. The molecule has 0 spiro atoms. The van der Waals surface area contributed by atoms with Crippen LogP contribution in [0.25, 0.3) is 0 Å². The number of carbonyl (C=O) groups is 2. The smallest absolute Gasteiger partial charge is 0.390 e. The zero-order valence-electron chi connectivity index (χ0n) is 10.1.